The molecule has 4 rings (SSSR count). The van der Waals surface area contributed by atoms with Crippen LogP contribution in [0.1, 0.15) is 55.6 Å². The van der Waals surface area contributed by atoms with Crippen LogP contribution in [0.25, 0.3) is 0 Å². The van der Waals surface area contributed by atoms with E-state index in [0.717, 1.165) is 36.7 Å². The van der Waals surface area contributed by atoms with Gasteiger partial charge in [-0.25, -0.2) is 13.1 Å². The molecule has 2 saturated carbocycles. The second kappa shape index (κ2) is 8.67. The molecule has 3 unspecified atom stereocenters. The Balaban J connectivity index is 1.34. The zero-order valence-electron chi connectivity index (χ0n) is 17.0. The van der Waals surface area contributed by atoms with Crippen LogP contribution in [0.2, 0.25) is 0 Å². The second-order valence-electron chi connectivity index (χ2n) is 8.98. The number of hydrogen-bond acceptors (Lipinski definition) is 4. The maximum Gasteiger partial charge on any atom is 0.416 e. The van der Waals surface area contributed by atoms with Gasteiger partial charge in [-0.1, -0.05) is 0 Å². The number of benzene rings is 1. The van der Waals surface area contributed by atoms with E-state index in [-0.39, 0.29) is 17.6 Å². The first-order valence-electron chi connectivity index (χ1n) is 10.9. The highest BCUT2D eigenvalue weighted by molar-refractivity contribution is 7.89. The van der Waals surface area contributed by atoms with Gasteiger partial charge in [0.15, 0.2) is 0 Å². The SMILES string of the molecule is O=S(=O)(CCCNC1CC1)NCC1CCC2CNc3ccc(C(F)(F)F)cc3C2C1. The minimum atomic E-state index is -4.36. The number of alkyl halides is 3. The Kier molecular flexibility index (Phi) is 6.33. The van der Waals surface area contributed by atoms with Crippen molar-refractivity contribution in [1.29, 1.82) is 0 Å². The summed E-state index contributed by atoms with van der Waals surface area (Å²) in [4.78, 5) is 0. The lowest BCUT2D eigenvalue weighted by Crippen LogP contribution is -2.38. The molecule has 3 aliphatic rings. The topological polar surface area (TPSA) is 70.2 Å². The van der Waals surface area contributed by atoms with E-state index in [1.165, 1.54) is 25.0 Å². The molecule has 30 heavy (non-hydrogen) atoms. The number of nitrogens with one attached hydrogen (secondary N) is 3. The van der Waals surface area contributed by atoms with Gasteiger partial charge in [-0.2, -0.15) is 13.2 Å². The van der Waals surface area contributed by atoms with E-state index in [0.29, 0.717) is 37.9 Å². The summed E-state index contributed by atoms with van der Waals surface area (Å²) in [5, 5.41) is 6.58. The molecule has 3 N–H and O–H groups in total. The van der Waals surface area contributed by atoms with Gasteiger partial charge in [0, 0.05) is 24.8 Å². The number of anilines is 1. The monoisotopic (exact) mass is 445 g/mol. The third-order valence-electron chi connectivity index (χ3n) is 6.63. The number of hydrogen-bond donors (Lipinski definition) is 3. The summed E-state index contributed by atoms with van der Waals surface area (Å²) in [6.07, 6.45) is 1.08. The molecule has 1 aromatic carbocycles. The summed E-state index contributed by atoms with van der Waals surface area (Å²) in [6, 6.07) is 4.50. The Morgan fingerprint density at radius 3 is 2.67 bits per heavy atom. The van der Waals surface area contributed by atoms with Crippen molar-refractivity contribution < 1.29 is 21.6 Å². The minimum absolute atomic E-state index is 0.0366. The highest BCUT2D eigenvalue weighted by Crippen LogP contribution is 2.47. The predicted molar refractivity (Wildman–Crippen MR) is 111 cm³/mol. The maximum absolute atomic E-state index is 13.2. The molecule has 1 aromatic rings. The average molecular weight is 446 g/mol. The molecule has 3 atom stereocenters. The number of rotatable bonds is 8. The molecule has 0 spiro atoms. The van der Waals surface area contributed by atoms with Gasteiger partial charge in [0.05, 0.1) is 11.3 Å². The van der Waals surface area contributed by atoms with E-state index in [1.807, 2.05) is 0 Å². The van der Waals surface area contributed by atoms with Crippen molar-refractivity contribution in [3.8, 4) is 0 Å². The van der Waals surface area contributed by atoms with E-state index in [2.05, 4.69) is 15.4 Å². The largest absolute Gasteiger partial charge is 0.416 e. The molecule has 2 fully saturated rings. The van der Waals surface area contributed by atoms with Gasteiger partial charge in [-0.15, -0.1) is 0 Å². The van der Waals surface area contributed by atoms with Crippen LogP contribution in [0.4, 0.5) is 18.9 Å². The minimum Gasteiger partial charge on any atom is -0.385 e. The molecule has 168 valence electrons. The number of sulfonamides is 1. The van der Waals surface area contributed by atoms with Gasteiger partial charge in [-0.05, 0) is 86.6 Å². The van der Waals surface area contributed by atoms with E-state index >= 15 is 0 Å². The van der Waals surface area contributed by atoms with Crippen LogP contribution in [-0.4, -0.2) is 39.8 Å². The standard InChI is InChI=1S/C21H30F3N3O2S/c22-21(23,24)16-4-7-20-19(11-16)18-10-14(2-3-15(18)13-26-20)12-27-30(28,29)9-1-8-25-17-5-6-17/h4,7,11,14-15,17-18,25-27H,1-3,5-6,8-10,12-13H2. The van der Waals surface area contributed by atoms with Crippen LogP contribution in [0.3, 0.4) is 0 Å². The number of fused-ring (bicyclic) bond motifs is 3. The molecule has 2 aliphatic carbocycles. The molecule has 1 aliphatic heterocycles. The van der Waals surface area contributed by atoms with E-state index in [1.54, 1.807) is 0 Å². The van der Waals surface area contributed by atoms with Crippen LogP contribution < -0.4 is 15.4 Å². The Morgan fingerprint density at radius 1 is 1.13 bits per heavy atom. The Morgan fingerprint density at radius 2 is 1.93 bits per heavy atom. The van der Waals surface area contributed by atoms with Crippen LogP contribution in [0.5, 0.6) is 0 Å². The lowest BCUT2D eigenvalue weighted by Gasteiger charge is -2.41. The first kappa shape index (κ1) is 21.9. The van der Waals surface area contributed by atoms with Crippen molar-refractivity contribution in [3.63, 3.8) is 0 Å². The molecule has 0 amide bonds. The van der Waals surface area contributed by atoms with Crippen molar-refractivity contribution in [2.24, 2.45) is 11.8 Å². The van der Waals surface area contributed by atoms with E-state index in [4.69, 9.17) is 0 Å². The molecular weight excluding hydrogens is 415 g/mol. The Labute approximate surface area is 176 Å². The van der Waals surface area contributed by atoms with Gasteiger partial charge >= 0.3 is 6.18 Å². The van der Waals surface area contributed by atoms with Crippen LogP contribution in [0.15, 0.2) is 18.2 Å². The van der Waals surface area contributed by atoms with Crippen LogP contribution in [0, 0.1) is 11.8 Å². The van der Waals surface area contributed by atoms with Gasteiger partial charge in [0.25, 0.3) is 0 Å². The van der Waals surface area contributed by atoms with E-state index in [9.17, 15) is 21.6 Å². The predicted octanol–water partition coefficient (Wildman–Crippen LogP) is 3.69. The van der Waals surface area contributed by atoms with Crippen molar-refractivity contribution >= 4 is 15.7 Å². The fraction of sp³-hybridized carbons (Fsp3) is 0.714. The van der Waals surface area contributed by atoms with Gasteiger partial charge in [0.1, 0.15) is 0 Å². The van der Waals surface area contributed by atoms with Crippen molar-refractivity contribution in [2.75, 3.05) is 30.7 Å². The molecule has 0 aromatic heterocycles. The second-order valence-corrected chi connectivity index (χ2v) is 10.9. The molecule has 0 bridgehead atoms. The molecule has 0 radical (unpaired) electrons. The fourth-order valence-electron chi connectivity index (χ4n) is 4.75. The van der Waals surface area contributed by atoms with Gasteiger partial charge in [0.2, 0.25) is 10.0 Å². The van der Waals surface area contributed by atoms with Crippen molar-refractivity contribution in [1.82, 2.24) is 10.0 Å². The highest BCUT2D eigenvalue weighted by atomic mass is 32.2. The summed E-state index contributed by atoms with van der Waals surface area (Å²) in [5.74, 6) is 0.579. The van der Waals surface area contributed by atoms with Gasteiger partial charge < -0.3 is 10.6 Å². The summed E-state index contributed by atoms with van der Waals surface area (Å²) < 4.78 is 66.9. The average Bonchev–Trinajstić information content (AvgIpc) is 3.53. The summed E-state index contributed by atoms with van der Waals surface area (Å²) in [5.41, 5.74) is 0.875. The fourth-order valence-corrected chi connectivity index (χ4v) is 5.91. The highest BCUT2D eigenvalue weighted by Gasteiger charge is 2.38. The zero-order chi connectivity index (χ0) is 21.4. The summed E-state index contributed by atoms with van der Waals surface area (Å²) in [7, 11) is -3.33. The summed E-state index contributed by atoms with van der Waals surface area (Å²) in [6.45, 7) is 1.84. The lowest BCUT2D eigenvalue weighted by molar-refractivity contribution is -0.137. The first-order chi connectivity index (χ1) is 14.2. The molecule has 9 heteroatoms. The van der Waals surface area contributed by atoms with Crippen LogP contribution >= 0.6 is 0 Å². The normalized spacial score (nSPS) is 26.6. The molecule has 5 nitrogen and oxygen atoms in total. The van der Waals surface area contributed by atoms with Crippen LogP contribution in [-0.2, 0) is 16.2 Å². The third kappa shape index (κ3) is 5.48. The number of halogens is 3. The van der Waals surface area contributed by atoms with Crippen molar-refractivity contribution in [2.45, 2.75) is 56.7 Å². The Hall–Kier alpha value is -1.32. The smallest absolute Gasteiger partial charge is 0.385 e. The van der Waals surface area contributed by atoms with Gasteiger partial charge in [-0.3, -0.25) is 0 Å². The quantitative estimate of drug-likeness (QED) is 0.534. The maximum atomic E-state index is 13.2. The molecule has 1 heterocycles. The molecular formula is C21H30F3N3O2S. The first-order valence-corrected chi connectivity index (χ1v) is 12.5. The third-order valence-corrected chi connectivity index (χ3v) is 8.06. The Bertz CT molecular complexity index is 856. The summed E-state index contributed by atoms with van der Waals surface area (Å²) >= 11 is 0. The van der Waals surface area contributed by atoms with E-state index < -0.39 is 21.8 Å². The lowest BCUT2D eigenvalue weighted by atomic mass is 9.69. The van der Waals surface area contributed by atoms with Crippen molar-refractivity contribution in [3.05, 3.63) is 29.3 Å². The molecule has 0 saturated heterocycles. The zero-order valence-corrected chi connectivity index (χ0v) is 17.8.